The Labute approximate surface area is 174 Å². The van der Waals surface area contributed by atoms with Crippen LogP contribution in [-0.4, -0.2) is 41.2 Å². The third kappa shape index (κ3) is 7.54. The lowest BCUT2D eigenvalue weighted by Crippen LogP contribution is -2.46. The van der Waals surface area contributed by atoms with Crippen molar-refractivity contribution in [3.05, 3.63) is 63.9 Å². The van der Waals surface area contributed by atoms with Crippen molar-refractivity contribution >= 4 is 27.9 Å². The van der Waals surface area contributed by atoms with E-state index in [9.17, 15) is 9.50 Å². The normalized spacial score (nSPS) is 13.2. The van der Waals surface area contributed by atoms with Gasteiger partial charge in [0, 0.05) is 28.0 Å². The quantitative estimate of drug-likeness (QED) is 0.533. The van der Waals surface area contributed by atoms with Crippen LogP contribution in [-0.2, 0) is 6.42 Å². The predicted molar refractivity (Wildman–Crippen MR) is 116 cm³/mol. The molecule has 1 unspecified atom stereocenters. The Hall–Kier alpha value is -0.920. The summed E-state index contributed by atoms with van der Waals surface area (Å²) in [5, 5.41) is 13.8. The molecule has 27 heavy (non-hydrogen) atoms. The maximum absolute atomic E-state index is 13.7. The maximum atomic E-state index is 13.7. The molecule has 0 aliphatic heterocycles. The monoisotopic (exact) mass is 454 g/mol. The van der Waals surface area contributed by atoms with Crippen LogP contribution >= 0.6 is 27.9 Å². The third-order valence-corrected chi connectivity index (χ3v) is 6.22. The number of nitrogens with one attached hydrogen (secondary N) is 1. The second-order valence-corrected chi connectivity index (χ2v) is 9.61. The summed E-state index contributed by atoms with van der Waals surface area (Å²) in [5.74, 6) is -0.172. The van der Waals surface area contributed by atoms with Crippen molar-refractivity contribution in [3.8, 4) is 0 Å². The molecule has 0 radical (unpaired) electrons. The summed E-state index contributed by atoms with van der Waals surface area (Å²) < 4.78 is 16.8. The average Bonchev–Trinajstić information content (AvgIpc) is 2.58. The maximum Gasteiger partial charge on any atom is 0.126 e. The van der Waals surface area contributed by atoms with E-state index in [0.29, 0.717) is 25.1 Å². The topological polar surface area (TPSA) is 35.5 Å². The van der Waals surface area contributed by atoms with Gasteiger partial charge in [-0.05, 0) is 91.4 Å². The molecule has 0 spiro atoms. The molecule has 148 valence electrons. The highest BCUT2D eigenvalue weighted by Gasteiger charge is 2.20. The fourth-order valence-electron chi connectivity index (χ4n) is 2.80. The summed E-state index contributed by atoms with van der Waals surface area (Å²) in [6.07, 6.45) is 0.192. The smallest absolute Gasteiger partial charge is 0.126 e. The van der Waals surface area contributed by atoms with Gasteiger partial charge in [0.05, 0.1) is 6.10 Å². The Morgan fingerprint density at radius 2 is 1.96 bits per heavy atom. The second kappa shape index (κ2) is 10.0. The number of rotatable bonds is 9. The molecule has 0 heterocycles. The fourth-order valence-corrected chi connectivity index (χ4v) is 4.18. The number of hydrogen-bond acceptors (Lipinski definition) is 4. The van der Waals surface area contributed by atoms with Crippen LogP contribution in [0.4, 0.5) is 4.39 Å². The lowest BCUT2D eigenvalue weighted by atomic mass is 9.94. The molecule has 0 fully saturated rings. The van der Waals surface area contributed by atoms with E-state index in [1.807, 2.05) is 47.8 Å². The first-order valence-electron chi connectivity index (χ1n) is 8.98. The summed E-state index contributed by atoms with van der Waals surface area (Å²) in [6.45, 7) is 6.91. The standard InChI is InChI=1S/C21H28BrFN2OS/c1-15-9-10-16(11-19(15)23)12-21(2,3)24-13-17(26)14-25(4)27-20-8-6-5-7-18(20)22/h5-11,17,24,26H,12-14H2,1-4H3. The summed E-state index contributed by atoms with van der Waals surface area (Å²) in [5.41, 5.74) is 1.37. The van der Waals surface area contributed by atoms with E-state index in [-0.39, 0.29) is 11.4 Å². The molecule has 2 rings (SSSR count). The van der Waals surface area contributed by atoms with Crippen LogP contribution in [0.3, 0.4) is 0 Å². The molecule has 2 aromatic carbocycles. The highest BCUT2D eigenvalue weighted by atomic mass is 79.9. The lowest BCUT2D eigenvalue weighted by molar-refractivity contribution is 0.142. The van der Waals surface area contributed by atoms with Crippen LogP contribution in [0, 0.1) is 12.7 Å². The van der Waals surface area contributed by atoms with Gasteiger partial charge in [-0.1, -0.05) is 24.3 Å². The minimum Gasteiger partial charge on any atom is -0.390 e. The molecule has 6 heteroatoms. The first-order valence-corrected chi connectivity index (χ1v) is 10.5. The molecule has 0 aliphatic carbocycles. The lowest BCUT2D eigenvalue weighted by Gasteiger charge is -2.29. The van der Waals surface area contributed by atoms with Crippen molar-refractivity contribution in [2.45, 2.75) is 43.7 Å². The number of β-amino-alcohol motifs (C(OH)–C–C–N with tert-alkyl or cyclic N) is 1. The number of aliphatic hydroxyl groups is 1. The largest absolute Gasteiger partial charge is 0.390 e. The van der Waals surface area contributed by atoms with E-state index in [4.69, 9.17) is 0 Å². The molecule has 1 atom stereocenters. The van der Waals surface area contributed by atoms with E-state index in [1.165, 1.54) is 0 Å². The summed E-state index contributed by atoms with van der Waals surface area (Å²) >= 11 is 5.13. The molecule has 2 N–H and O–H groups in total. The predicted octanol–water partition coefficient (Wildman–Crippen LogP) is 4.81. The zero-order chi connectivity index (χ0) is 20.0. The number of aliphatic hydroxyl groups excluding tert-OH is 1. The Morgan fingerprint density at radius 1 is 1.26 bits per heavy atom. The van der Waals surface area contributed by atoms with E-state index in [2.05, 4.69) is 35.1 Å². The van der Waals surface area contributed by atoms with Crippen LogP contribution in [0.1, 0.15) is 25.0 Å². The van der Waals surface area contributed by atoms with E-state index in [0.717, 1.165) is 14.9 Å². The number of halogens is 2. The first kappa shape index (κ1) is 22.4. The minimum absolute atomic E-state index is 0.172. The van der Waals surface area contributed by atoms with Crippen LogP contribution in [0.25, 0.3) is 0 Å². The van der Waals surface area contributed by atoms with Gasteiger partial charge in [0.2, 0.25) is 0 Å². The molecular weight excluding hydrogens is 427 g/mol. The Bertz CT molecular complexity index is 757. The molecule has 0 amide bonds. The van der Waals surface area contributed by atoms with Crippen LogP contribution in [0.15, 0.2) is 51.8 Å². The number of nitrogens with zero attached hydrogens (tertiary/aromatic N) is 1. The first-order chi connectivity index (χ1) is 12.7. The van der Waals surface area contributed by atoms with Gasteiger partial charge in [0.15, 0.2) is 0 Å². The van der Waals surface area contributed by atoms with Crippen LogP contribution < -0.4 is 5.32 Å². The summed E-state index contributed by atoms with van der Waals surface area (Å²) in [7, 11) is 1.97. The molecule has 0 aromatic heterocycles. The number of hydrogen-bond donors (Lipinski definition) is 2. The van der Waals surface area contributed by atoms with Gasteiger partial charge in [-0.3, -0.25) is 0 Å². The van der Waals surface area contributed by atoms with Gasteiger partial charge in [0.25, 0.3) is 0 Å². The Kier molecular flexibility index (Phi) is 8.31. The van der Waals surface area contributed by atoms with Gasteiger partial charge in [0.1, 0.15) is 5.82 Å². The van der Waals surface area contributed by atoms with E-state index in [1.54, 1.807) is 24.9 Å². The molecule has 0 saturated heterocycles. The molecule has 0 aliphatic rings. The van der Waals surface area contributed by atoms with Crippen molar-refractivity contribution in [1.82, 2.24) is 9.62 Å². The van der Waals surface area contributed by atoms with Gasteiger partial charge in [-0.25, -0.2) is 8.70 Å². The number of likely N-dealkylation sites (N-methyl/N-ethyl adjacent to an activating group) is 1. The highest BCUT2D eigenvalue weighted by Crippen LogP contribution is 2.28. The SMILES string of the molecule is Cc1ccc(CC(C)(C)NCC(O)CN(C)Sc2ccccc2Br)cc1F. The molecule has 0 bridgehead atoms. The Balaban J connectivity index is 1.81. The fraction of sp³-hybridized carbons (Fsp3) is 0.429. The van der Waals surface area contributed by atoms with Crippen molar-refractivity contribution in [2.75, 3.05) is 20.1 Å². The molecular formula is C21H28BrFN2OS. The summed E-state index contributed by atoms with van der Waals surface area (Å²) in [4.78, 5) is 1.11. The number of benzene rings is 2. The van der Waals surface area contributed by atoms with Gasteiger partial charge in [-0.2, -0.15) is 0 Å². The number of aryl methyl sites for hydroxylation is 1. The zero-order valence-corrected chi connectivity index (χ0v) is 18.7. The molecule has 2 aromatic rings. The van der Waals surface area contributed by atoms with Crippen molar-refractivity contribution < 1.29 is 9.50 Å². The van der Waals surface area contributed by atoms with Crippen molar-refractivity contribution in [1.29, 1.82) is 0 Å². The van der Waals surface area contributed by atoms with Crippen molar-refractivity contribution in [2.24, 2.45) is 0 Å². The van der Waals surface area contributed by atoms with E-state index >= 15 is 0 Å². The highest BCUT2D eigenvalue weighted by molar-refractivity contribution is 9.10. The molecule has 0 saturated carbocycles. The van der Waals surface area contributed by atoms with Crippen LogP contribution in [0.5, 0.6) is 0 Å². The second-order valence-electron chi connectivity index (χ2n) is 7.51. The summed E-state index contributed by atoms with van der Waals surface area (Å²) in [6, 6.07) is 13.4. The molecule has 3 nitrogen and oxygen atoms in total. The van der Waals surface area contributed by atoms with Gasteiger partial charge >= 0.3 is 0 Å². The third-order valence-electron chi connectivity index (χ3n) is 4.26. The average molecular weight is 455 g/mol. The Morgan fingerprint density at radius 3 is 2.63 bits per heavy atom. The van der Waals surface area contributed by atoms with E-state index < -0.39 is 6.10 Å². The minimum atomic E-state index is -0.501. The zero-order valence-electron chi connectivity index (χ0n) is 16.3. The van der Waals surface area contributed by atoms with Gasteiger partial charge < -0.3 is 10.4 Å². The van der Waals surface area contributed by atoms with Crippen molar-refractivity contribution in [3.63, 3.8) is 0 Å². The van der Waals surface area contributed by atoms with Crippen LogP contribution in [0.2, 0.25) is 0 Å². The van der Waals surface area contributed by atoms with Gasteiger partial charge in [-0.15, -0.1) is 0 Å².